The van der Waals surface area contributed by atoms with Gasteiger partial charge in [0.05, 0.1) is 37.4 Å². The van der Waals surface area contributed by atoms with Crippen LogP contribution in [0, 0.1) is 0 Å². The maximum atomic E-state index is 13.9. The Morgan fingerprint density at radius 1 is 0.933 bits per heavy atom. The van der Waals surface area contributed by atoms with Crippen LogP contribution in [0.2, 0.25) is 10.0 Å². The minimum Gasteiger partial charge on any atom is -0.493 e. The molecule has 0 bridgehead atoms. The third kappa shape index (κ3) is 7.30. The van der Waals surface area contributed by atoms with E-state index < -0.39 is 5.41 Å². The molecule has 242 valence electrons. The molecule has 45 heavy (non-hydrogen) atoms. The van der Waals surface area contributed by atoms with Crippen molar-refractivity contribution in [3.63, 3.8) is 0 Å². The Balaban J connectivity index is 0.00000461. The van der Waals surface area contributed by atoms with Crippen LogP contribution in [-0.2, 0) is 10.2 Å². The molecule has 3 aromatic rings. The van der Waals surface area contributed by atoms with Crippen molar-refractivity contribution in [3.8, 4) is 17.2 Å². The molecule has 2 fully saturated rings. The average molecular weight is 677 g/mol. The van der Waals surface area contributed by atoms with E-state index in [-0.39, 0.29) is 36.2 Å². The van der Waals surface area contributed by atoms with Gasteiger partial charge in [-0.15, -0.1) is 12.4 Å². The van der Waals surface area contributed by atoms with Gasteiger partial charge in [-0.1, -0.05) is 59.6 Å². The lowest BCUT2D eigenvalue weighted by molar-refractivity contribution is -0.124. The number of benzene rings is 3. The molecule has 0 aliphatic carbocycles. The summed E-state index contributed by atoms with van der Waals surface area (Å²) in [5.74, 6) is 1.11. The third-order valence-electron chi connectivity index (χ3n) is 9.27. The number of likely N-dealkylation sites (tertiary alicyclic amines) is 2. The minimum absolute atomic E-state index is 0. The predicted octanol–water partition coefficient (Wildman–Crippen LogP) is 6.35. The van der Waals surface area contributed by atoms with Crippen molar-refractivity contribution >= 4 is 47.4 Å². The first-order valence-corrected chi connectivity index (χ1v) is 15.6. The molecule has 2 amide bonds. The van der Waals surface area contributed by atoms with Gasteiger partial charge in [-0.05, 0) is 80.1 Å². The third-order valence-corrected chi connectivity index (χ3v) is 10.0. The van der Waals surface area contributed by atoms with Crippen molar-refractivity contribution in [3.05, 3.63) is 87.4 Å². The Kier molecular flexibility index (Phi) is 11.5. The molecule has 2 saturated heterocycles. The van der Waals surface area contributed by atoms with Gasteiger partial charge in [0.15, 0.2) is 11.5 Å². The van der Waals surface area contributed by atoms with Crippen molar-refractivity contribution in [1.29, 1.82) is 0 Å². The Labute approximate surface area is 281 Å². The molecule has 5 rings (SSSR count). The summed E-state index contributed by atoms with van der Waals surface area (Å²) in [4.78, 5) is 30.7. The largest absolute Gasteiger partial charge is 0.493 e. The van der Waals surface area contributed by atoms with E-state index in [9.17, 15) is 9.59 Å². The molecule has 2 aliphatic heterocycles. The second kappa shape index (κ2) is 14.9. The number of methoxy groups -OCH3 is 3. The number of carbonyl (C=O) groups excluding carboxylic acids is 2. The highest BCUT2D eigenvalue weighted by molar-refractivity contribution is 6.42. The van der Waals surface area contributed by atoms with E-state index in [0.717, 1.165) is 24.9 Å². The van der Waals surface area contributed by atoms with Gasteiger partial charge in [-0.2, -0.15) is 0 Å². The maximum Gasteiger partial charge on any atom is 0.254 e. The summed E-state index contributed by atoms with van der Waals surface area (Å²) in [7, 11) is 4.58. The van der Waals surface area contributed by atoms with Crippen LogP contribution in [0.5, 0.6) is 17.2 Å². The van der Waals surface area contributed by atoms with Crippen molar-refractivity contribution in [2.45, 2.75) is 43.1 Å². The van der Waals surface area contributed by atoms with E-state index >= 15 is 0 Å². The summed E-state index contributed by atoms with van der Waals surface area (Å²) in [6, 6.07) is 19.0. The van der Waals surface area contributed by atoms with E-state index in [2.05, 4.69) is 17.0 Å². The van der Waals surface area contributed by atoms with E-state index in [1.54, 1.807) is 12.1 Å². The van der Waals surface area contributed by atoms with E-state index in [4.69, 9.17) is 43.1 Å². The Hall–Kier alpha value is -3.17. The lowest BCUT2D eigenvalue weighted by Gasteiger charge is -2.40. The first kappa shape index (κ1) is 34.7. The number of amides is 2. The first-order valence-electron chi connectivity index (χ1n) is 14.8. The summed E-state index contributed by atoms with van der Waals surface area (Å²) in [5.41, 5.74) is 8.26. The average Bonchev–Trinajstić information content (AvgIpc) is 3.49. The molecule has 0 radical (unpaired) electrons. The number of nitrogens with zero attached hydrogens (tertiary/aromatic N) is 2. The molecule has 2 heterocycles. The quantitative estimate of drug-likeness (QED) is 0.269. The minimum atomic E-state index is -0.400. The molecule has 0 aromatic heterocycles. The molecule has 11 heteroatoms. The van der Waals surface area contributed by atoms with Gasteiger partial charge >= 0.3 is 0 Å². The standard InChI is InChI=1S/C34H39Cl2N3O5.ClH/c1-42-29-18-24(19-30(43-2)31(29)44-3)33(41)39-16-13-34(21-39,25-9-10-26(35)27(36)20-25)12-15-38-14-11-23(17-28(38)32(37)40)22-7-5-4-6-8-22;/h4-10,18-20,23,28H,11-17,21H2,1-3H3,(H2,37,40);1H/t23?,28?,34-;/m0./s1. The number of nitrogens with two attached hydrogens (primary N) is 1. The van der Waals surface area contributed by atoms with Gasteiger partial charge < -0.3 is 24.8 Å². The number of carbonyl (C=O) groups is 2. The number of halogens is 3. The zero-order valence-corrected chi connectivity index (χ0v) is 28.1. The van der Waals surface area contributed by atoms with Gasteiger partial charge in [0, 0.05) is 24.1 Å². The van der Waals surface area contributed by atoms with Gasteiger partial charge in [0.2, 0.25) is 11.7 Å². The lowest BCUT2D eigenvalue weighted by atomic mass is 9.76. The molecular formula is C34H40Cl3N3O5. The number of hydrogen-bond acceptors (Lipinski definition) is 6. The molecular weight excluding hydrogens is 637 g/mol. The number of ether oxygens (including phenoxy) is 3. The van der Waals surface area contributed by atoms with Gasteiger partial charge in [0.25, 0.3) is 5.91 Å². The maximum absolute atomic E-state index is 13.9. The molecule has 8 nitrogen and oxygen atoms in total. The van der Waals surface area contributed by atoms with Crippen LogP contribution in [0.15, 0.2) is 60.7 Å². The molecule has 2 N–H and O–H groups in total. The summed E-state index contributed by atoms with van der Waals surface area (Å²) >= 11 is 12.8. The van der Waals surface area contributed by atoms with E-state index in [1.165, 1.54) is 26.9 Å². The fourth-order valence-corrected chi connectivity index (χ4v) is 7.10. The topological polar surface area (TPSA) is 94.3 Å². The molecule has 0 saturated carbocycles. The summed E-state index contributed by atoms with van der Waals surface area (Å²) < 4.78 is 16.4. The van der Waals surface area contributed by atoms with Gasteiger partial charge in [-0.25, -0.2) is 0 Å². The van der Waals surface area contributed by atoms with Crippen LogP contribution in [0.1, 0.15) is 53.1 Å². The fourth-order valence-electron chi connectivity index (χ4n) is 6.81. The zero-order valence-electron chi connectivity index (χ0n) is 25.8. The smallest absolute Gasteiger partial charge is 0.254 e. The van der Waals surface area contributed by atoms with Crippen molar-refractivity contribution in [2.24, 2.45) is 5.73 Å². The lowest BCUT2D eigenvalue weighted by Crippen LogP contribution is -2.50. The highest BCUT2D eigenvalue weighted by Crippen LogP contribution is 2.43. The first-order chi connectivity index (χ1) is 21.2. The Morgan fingerprint density at radius 2 is 1.62 bits per heavy atom. The van der Waals surface area contributed by atoms with Crippen LogP contribution < -0.4 is 19.9 Å². The summed E-state index contributed by atoms with van der Waals surface area (Å²) in [5, 5.41) is 0.947. The summed E-state index contributed by atoms with van der Waals surface area (Å²) in [6.45, 7) is 2.44. The zero-order chi connectivity index (χ0) is 31.4. The summed E-state index contributed by atoms with van der Waals surface area (Å²) in [6.07, 6.45) is 3.07. The highest BCUT2D eigenvalue weighted by Gasteiger charge is 2.43. The molecule has 3 atom stereocenters. The molecule has 0 spiro atoms. The number of piperidine rings is 1. The van der Waals surface area contributed by atoms with Crippen LogP contribution >= 0.6 is 35.6 Å². The molecule has 3 aromatic carbocycles. The normalized spacial score (nSPS) is 21.6. The molecule has 2 unspecified atom stereocenters. The monoisotopic (exact) mass is 675 g/mol. The van der Waals surface area contributed by atoms with Crippen LogP contribution in [0.4, 0.5) is 0 Å². The SMILES string of the molecule is COc1cc(C(=O)N2CC[C@](CCN3CCC(c4ccccc4)CC3C(N)=O)(c3ccc(Cl)c(Cl)c3)C2)cc(OC)c1OC.Cl. The van der Waals surface area contributed by atoms with E-state index in [0.29, 0.717) is 65.3 Å². The van der Waals surface area contributed by atoms with Crippen molar-refractivity contribution < 1.29 is 23.8 Å². The van der Waals surface area contributed by atoms with Crippen LogP contribution in [0.3, 0.4) is 0 Å². The second-order valence-electron chi connectivity index (χ2n) is 11.6. The van der Waals surface area contributed by atoms with Crippen LogP contribution in [-0.4, -0.2) is 75.2 Å². The van der Waals surface area contributed by atoms with Crippen molar-refractivity contribution in [2.75, 3.05) is 47.5 Å². The Morgan fingerprint density at radius 3 is 2.22 bits per heavy atom. The second-order valence-corrected chi connectivity index (χ2v) is 12.5. The van der Waals surface area contributed by atoms with Crippen LogP contribution in [0.25, 0.3) is 0 Å². The number of primary amides is 1. The van der Waals surface area contributed by atoms with Gasteiger partial charge in [0.1, 0.15) is 0 Å². The Bertz CT molecular complexity index is 1480. The van der Waals surface area contributed by atoms with Crippen molar-refractivity contribution in [1.82, 2.24) is 9.80 Å². The number of rotatable bonds is 10. The van der Waals surface area contributed by atoms with Gasteiger partial charge in [-0.3, -0.25) is 14.5 Å². The fraction of sp³-hybridized carbons (Fsp3) is 0.412. The molecule has 2 aliphatic rings. The predicted molar refractivity (Wildman–Crippen MR) is 180 cm³/mol. The highest BCUT2D eigenvalue weighted by atomic mass is 35.5. The van der Waals surface area contributed by atoms with E-state index in [1.807, 2.05) is 41.3 Å². The number of hydrogen-bond donors (Lipinski definition) is 1.